The lowest BCUT2D eigenvalue weighted by Gasteiger charge is -2.16. The zero-order chi connectivity index (χ0) is 10.8. The summed E-state index contributed by atoms with van der Waals surface area (Å²) in [5.74, 6) is 2.44. The molecule has 15 heavy (non-hydrogen) atoms. The van der Waals surface area contributed by atoms with Gasteiger partial charge in [0, 0.05) is 19.3 Å². The summed E-state index contributed by atoms with van der Waals surface area (Å²) in [6.45, 7) is 4.49. The molecule has 82 valence electrons. The van der Waals surface area contributed by atoms with Crippen molar-refractivity contribution in [1.82, 2.24) is 9.88 Å². The minimum absolute atomic E-state index is 0.595. The van der Waals surface area contributed by atoms with Gasteiger partial charge in [0.25, 0.3) is 0 Å². The number of hydrogen-bond acceptors (Lipinski definition) is 3. The molecule has 0 spiro atoms. The maximum Gasteiger partial charge on any atom is 0.123 e. The van der Waals surface area contributed by atoms with Crippen molar-refractivity contribution in [3.63, 3.8) is 0 Å². The Kier molecular flexibility index (Phi) is 2.91. The lowest BCUT2D eigenvalue weighted by Crippen LogP contribution is -2.21. The molecule has 3 heteroatoms. The van der Waals surface area contributed by atoms with Crippen molar-refractivity contribution in [3.05, 3.63) is 23.9 Å². The topological polar surface area (TPSA) is 42.1 Å². The van der Waals surface area contributed by atoms with E-state index in [0.717, 1.165) is 18.4 Å². The molecule has 2 unspecified atom stereocenters. The van der Waals surface area contributed by atoms with E-state index in [9.17, 15) is 0 Å². The number of nitrogens with two attached hydrogens (primary N) is 1. The van der Waals surface area contributed by atoms with Crippen molar-refractivity contribution in [2.24, 2.45) is 11.8 Å². The Balaban J connectivity index is 1.82. The Morgan fingerprint density at radius 1 is 1.53 bits per heavy atom. The van der Waals surface area contributed by atoms with Crippen molar-refractivity contribution < 1.29 is 0 Å². The van der Waals surface area contributed by atoms with Crippen molar-refractivity contribution >= 4 is 5.82 Å². The number of pyridine rings is 1. The average Bonchev–Trinajstić information content (AvgIpc) is 2.86. The smallest absolute Gasteiger partial charge is 0.123 e. The van der Waals surface area contributed by atoms with Crippen LogP contribution in [0, 0.1) is 11.8 Å². The molecule has 1 fully saturated rings. The number of nitrogen functional groups attached to an aromatic ring is 1. The lowest BCUT2D eigenvalue weighted by atomic mass is 10.2. The summed E-state index contributed by atoms with van der Waals surface area (Å²) in [7, 11) is 2.17. The number of hydrogen-bond donors (Lipinski definition) is 1. The summed E-state index contributed by atoms with van der Waals surface area (Å²) in [5, 5.41) is 0. The van der Waals surface area contributed by atoms with E-state index < -0.39 is 0 Å². The van der Waals surface area contributed by atoms with Gasteiger partial charge in [-0.3, -0.25) is 0 Å². The summed E-state index contributed by atoms with van der Waals surface area (Å²) in [6, 6.07) is 3.91. The maximum absolute atomic E-state index is 5.54. The van der Waals surface area contributed by atoms with Gasteiger partial charge >= 0.3 is 0 Å². The van der Waals surface area contributed by atoms with Crippen molar-refractivity contribution in [3.8, 4) is 0 Å². The molecule has 1 aliphatic carbocycles. The molecular formula is C12H19N3. The molecule has 2 N–H and O–H groups in total. The Hall–Kier alpha value is -1.09. The van der Waals surface area contributed by atoms with Crippen molar-refractivity contribution in [2.45, 2.75) is 19.9 Å². The van der Waals surface area contributed by atoms with Gasteiger partial charge in [-0.15, -0.1) is 0 Å². The standard InChI is InChI=1S/C12H19N3/c1-9-5-11(9)8-15(2)7-10-3-4-12(13)14-6-10/h3-4,6,9,11H,5,7-8H2,1-2H3,(H2,13,14). The van der Waals surface area contributed by atoms with Gasteiger partial charge < -0.3 is 10.6 Å². The van der Waals surface area contributed by atoms with Gasteiger partial charge in [0.2, 0.25) is 0 Å². The summed E-state index contributed by atoms with van der Waals surface area (Å²) >= 11 is 0. The molecule has 2 atom stereocenters. The first-order valence-electron chi connectivity index (χ1n) is 5.54. The third-order valence-electron chi connectivity index (χ3n) is 3.12. The first-order chi connectivity index (χ1) is 7.15. The van der Waals surface area contributed by atoms with E-state index in [2.05, 4.69) is 29.9 Å². The molecule has 0 radical (unpaired) electrons. The zero-order valence-corrected chi connectivity index (χ0v) is 9.48. The fourth-order valence-corrected chi connectivity index (χ4v) is 1.96. The highest BCUT2D eigenvalue weighted by Crippen LogP contribution is 2.38. The second-order valence-electron chi connectivity index (χ2n) is 4.76. The predicted octanol–water partition coefficient (Wildman–Crippen LogP) is 1.75. The van der Waals surface area contributed by atoms with Crippen LogP contribution in [-0.4, -0.2) is 23.5 Å². The van der Waals surface area contributed by atoms with Crippen LogP contribution >= 0.6 is 0 Å². The molecule has 2 rings (SSSR count). The SMILES string of the molecule is CC1CC1CN(C)Cc1ccc(N)nc1. The molecule has 3 nitrogen and oxygen atoms in total. The fourth-order valence-electron chi connectivity index (χ4n) is 1.96. The van der Waals surface area contributed by atoms with Gasteiger partial charge in [0.1, 0.15) is 5.82 Å². The normalized spacial score (nSPS) is 24.5. The van der Waals surface area contributed by atoms with Crippen LogP contribution in [0.25, 0.3) is 0 Å². The van der Waals surface area contributed by atoms with E-state index in [4.69, 9.17) is 5.73 Å². The minimum Gasteiger partial charge on any atom is -0.384 e. The third kappa shape index (κ3) is 2.93. The molecule has 1 heterocycles. The Morgan fingerprint density at radius 3 is 2.80 bits per heavy atom. The lowest BCUT2D eigenvalue weighted by molar-refractivity contribution is 0.307. The quantitative estimate of drug-likeness (QED) is 0.814. The second kappa shape index (κ2) is 4.19. The Bertz CT molecular complexity index is 320. The van der Waals surface area contributed by atoms with Gasteiger partial charge in [-0.25, -0.2) is 4.98 Å². The van der Waals surface area contributed by atoms with Crippen LogP contribution in [-0.2, 0) is 6.54 Å². The summed E-state index contributed by atoms with van der Waals surface area (Å²) in [4.78, 5) is 6.46. The number of nitrogens with zero attached hydrogens (tertiary/aromatic N) is 2. The van der Waals surface area contributed by atoms with Gasteiger partial charge in [-0.1, -0.05) is 13.0 Å². The average molecular weight is 205 g/mol. The highest BCUT2D eigenvalue weighted by atomic mass is 15.1. The molecule has 0 aliphatic heterocycles. The van der Waals surface area contributed by atoms with Crippen LogP contribution in [0.3, 0.4) is 0 Å². The largest absolute Gasteiger partial charge is 0.384 e. The summed E-state index contributed by atoms with van der Waals surface area (Å²) in [6.07, 6.45) is 3.26. The molecule has 1 aromatic rings. The van der Waals surface area contributed by atoms with Gasteiger partial charge in [0.15, 0.2) is 0 Å². The molecule has 0 saturated heterocycles. The highest BCUT2D eigenvalue weighted by Gasteiger charge is 2.32. The third-order valence-corrected chi connectivity index (χ3v) is 3.12. The molecule has 1 aliphatic rings. The molecule has 0 amide bonds. The molecule has 1 saturated carbocycles. The summed E-state index contributed by atoms with van der Waals surface area (Å²) < 4.78 is 0. The Labute approximate surface area is 91.3 Å². The van der Waals surface area contributed by atoms with E-state index in [0.29, 0.717) is 5.82 Å². The van der Waals surface area contributed by atoms with E-state index in [-0.39, 0.29) is 0 Å². The molecule has 0 aromatic carbocycles. The zero-order valence-electron chi connectivity index (χ0n) is 9.48. The number of rotatable bonds is 4. The van der Waals surface area contributed by atoms with Gasteiger partial charge in [-0.05, 0) is 36.9 Å². The Morgan fingerprint density at radius 2 is 2.27 bits per heavy atom. The molecular weight excluding hydrogens is 186 g/mol. The second-order valence-corrected chi connectivity index (χ2v) is 4.76. The summed E-state index contributed by atoms with van der Waals surface area (Å²) in [5.41, 5.74) is 6.78. The number of aromatic nitrogens is 1. The van der Waals surface area contributed by atoms with Crippen molar-refractivity contribution in [2.75, 3.05) is 19.3 Å². The van der Waals surface area contributed by atoms with Crippen LogP contribution < -0.4 is 5.73 Å². The van der Waals surface area contributed by atoms with E-state index >= 15 is 0 Å². The van der Waals surface area contributed by atoms with Crippen LogP contribution in [0.4, 0.5) is 5.82 Å². The first kappa shape index (κ1) is 10.4. The molecule has 0 bridgehead atoms. The van der Waals surface area contributed by atoms with Gasteiger partial charge in [0.05, 0.1) is 0 Å². The van der Waals surface area contributed by atoms with Crippen LogP contribution in [0.5, 0.6) is 0 Å². The van der Waals surface area contributed by atoms with Crippen molar-refractivity contribution in [1.29, 1.82) is 0 Å². The van der Waals surface area contributed by atoms with Crippen LogP contribution in [0.2, 0.25) is 0 Å². The minimum atomic E-state index is 0.595. The van der Waals surface area contributed by atoms with Crippen LogP contribution in [0.15, 0.2) is 18.3 Å². The maximum atomic E-state index is 5.54. The molecule has 1 aromatic heterocycles. The monoisotopic (exact) mass is 205 g/mol. The van der Waals surface area contributed by atoms with E-state index in [1.807, 2.05) is 12.3 Å². The van der Waals surface area contributed by atoms with Crippen LogP contribution in [0.1, 0.15) is 18.9 Å². The van der Waals surface area contributed by atoms with E-state index in [1.165, 1.54) is 18.5 Å². The van der Waals surface area contributed by atoms with E-state index in [1.54, 1.807) is 0 Å². The fraction of sp³-hybridized carbons (Fsp3) is 0.583. The predicted molar refractivity (Wildman–Crippen MR) is 62.3 cm³/mol. The van der Waals surface area contributed by atoms with Gasteiger partial charge in [-0.2, -0.15) is 0 Å². The first-order valence-corrected chi connectivity index (χ1v) is 5.54. The number of anilines is 1. The highest BCUT2D eigenvalue weighted by molar-refractivity contribution is 5.29.